The Kier molecular flexibility index (Phi) is 5.48. The van der Waals surface area contributed by atoms with Crippen molar-refractivity contribution in [1.82, 2.24) is 0 Å². The van der Waals surface area contributed by atoms with Crippen LogP contribution in [0.2, 0.25) is 0 Å². The summed E-state index contributed by atoms with van der Waals surface area (Å²) >= 11 is 0. The van der Waals surface area contributed by atoms with Crippen molar-refractivity contribution >= 4 is 31.3 Å². The van der Waals surface area contributed by atoms with Gasteiger partial charge in [-0.25, -0.2) is 16.8 Å². The molecule has 1 aliphatic carbocycles. The fourth-order valence-corrected chi connectivity index (χ4v) is 6.23. The van der Waals surface area contributed by atoms with E-state index in [0.717, 1.165) is 36.6 Å². The summed E-state index contributed by atoms with van der Waals surface area (Å²) in [6.45, 7) is 0.503. The smallest absolute Gasteiger partial charge is 0.228 e. The van der Waals surface area contributed by atoms with Gasteiger partial charge in [-0.3, -0.25) is 4.79 Å². The molecule has 1 heterocycles. The lowest BCUT2D eigenvalue weighted by Crippen LogP contribution is -2.36. The van der Waals surface area contributed by atoms with Crippen molar-refractivity contribution in [3.8, 4) is 0 Å². The van der Waals surface area contributed by atoms with E-state index in [1.165, 1.54) is 11.6 Å². The maximum atomic E-state index is 12.9. The Morgan fingerprint density at radius 2 is 1.53 bits per heavy atom. The number of nitrogens with zero attached hydrogens (tertiary/aromatic N) is 1. The third kappa shape index (κ3) is 4.16. The standard InChI is InChI=1S/C22H25NO5S2/c1-29(25,26)19-9-10-21-18(15-19)6-3-12-23(21)22(24)11-13-30(27,28)20-8-7-16-4-2-5-17(16)14-20/h7-10,14-15H,2-6,11-13H2,1H3. The van der Waals surface area contributed by atoms with Gasteiger partial charge in [-0.1, -0.05) is 6.07 Å². The molecule has 0 spiro atoms. The first-order valence-corrected chi connectivity index (χ1v) is 13.7. The van der Waals surface area contributed by atoms with Gasteiger partial charge in [0.25, 0.3) is 0 Å². The number of amides is 1. The molecule has 0 saturated heterocycles. The molecule has 2 aromatic carbocycles. The lowest BCUT2D eigenvalue weighted by molar-refractivity contribution is -0.118. The van der Waals surface area contributed by atoms with E-state index in [2.05, 4.69) is 0 Å². The molecule has 2 aromatic rings. The van der Waals surface area contributed by atoms with E-state index >= 15 is 0 Å². The zero-order valence-corrected chi connectivity index (χ0v) is 18.6. The number of anilines is 1. The van der Waals surface area contributed by atoms with Crippen molar-refractivity contribution in [3.63, 3.8) is 0 Å². The topological polar surface area (TPSA) is 88.6 Å². The van der Waals surface area contributed by atoms with Crippen LogP contribution in [0.25, 0.3) is 0 Å². The Bertz CT molecular complexity index is 1220. The number of rotatable bonds is 5. The molecule has 0 aromatic heterocycles. The lowest BCUT2D eigenvalue weighted by atomic mass is 10.0. The van der Waals surface area contributed by atoms with E-state index in [1.54, 1.807) is 29.2 Å². The molecule has 8 heteroatoms. The molecule has 0 fully saturated rings. The molecule has 0 N–H and O–H groups in total. The van der Waals surface area contributed by atoms with Crippen LogP contribution in [0.3, 0.4) is 0 Å². The quantitative estimate of drug-likeness (QED) is 0.703. The molecule has 0 saturated carbocycles. The predicted molar refractivity (Wildman–Crippen MR) is 115 cm³/mol. The van der Waals surface area contributed by atoms with Crippen molar-refractivity contribution in [1.29, 1.82) is 0 Å². The highest BCUT2D eigenvalue weighted by Gasteiger charge is 2.26. The van der Waals surface area contributed by atoms with Gasteiger partial charge in [-0.2, -0.15) is 0 Å². The van der Waals surface area contributed by atoms with Gasteiger partial charge in [-0.15, -0.1) is 0 Å². The van der Waals surface area contributed by atoms with Crippen LogP contribution in [-0.2, 0) is 43.7 Å². The van der Waals surface area contributed by atoms with E-state index < -0.39 is 19.7 Å². The minimum Gasteiger partial charge on any atom is -0.312 e. The number of sulfone groups is 2. The van der Waals surface area contributed by atoms with Gasteiger partial charge >= 0.3 is 0 Å². The second-order valence-electron chi connectivity index (χ2n) is 8.06. The summed E-state index contributed by atoms with van der Waals surface area (Å²) in [4.78, 5) is 15.0. The Balaban J connectivity index is 1.50. The van der Waals surface area contributed by atoms with Gasteiger partial charge in [-0.05, 0) is 79.1 Å². The van der Waals surface area contributed by atoms with Gasteiger partial charge in [0.05, 0.1) is 15.5 Å². The van der Waals surface area contributed by atoms with Crippen LogP contribution >= 0.6 is 0 Å². The fraction of sp³-hybridized carbons (Fsp3) is 0.409. The molecule has 1 amide bonds. The normalized spacial score (nSPS) is 16.2. The molecule has 0 bridgehead atoms. The summed E-state index contributed by atoms with van der Waals surface area (Å²) in [5.41, 5.74) is 3.78. The second kappa shape index (κ2) is 7.81. The van der Waals surface area contributed by atoms with Crippen molar-refractivity contribution in [2.45, 2.75) is 48.3 Å². The summed E-state index contributed by atoms with van der Waals surface area (Å²) in [5.74, 6) is -0.495. The van der Waals surface area contributed by atoms with Gasteiger partial charge in [0.15, 0.2) is 19.7 Å². The highest BCUT2D eigenvalue weighted by Crippen LogP contribution is 2.30. The molecular weight excluding hydrogens is 422 g/mol. The first-order chi connectivity index (χ1) is 14.1. The minimum absolute atomic E-state index is 0.104. The van der Waals surface area contributed by atoms with Crippen molar-refractivity contribution in [2.75, 3.05) is 23.5 Å². The summed E-state index contributed by atoms with van der Waals surface area (Å²) in [6.07, 6.45) is 5.39. The van der Waals surface area contributed by atoms with Crippen LogP contribution in [0, 0.1) is 0 Å². The number of carbonyl (C=O) groups excluding carboxylic acids is 1. The number of hydrogen-bond donors (Lipinski definition) is 0. The number of carbonyl (C=O) groups is 1. The average Bonchev–Trinajstić information content (AvgIpc) is 3.18. The van der Waals surface area contributed by atoms with Crippen molar-refractivity contribution in [2.24, 2.45) is 0 Å². The maximum absolute atomic E-state index is 12.9. The summed E-state index contributed by atoms with van der Waals surface area (Å²) < 4.78 is 49.2. The monoisotopic (exact) mass is 447 g/mol. The van der Waals surface area contributed by atoms with Gasteiger partial charge in [0, 0.05) is 24.9 Å². The number of hydrogen-bond acceptors (Lipinski definition) is 5. The van der Waals surface area contributed by atoms with Gasteiger partial charge < -0.3 is 4.90 Å². The van der Waals surface area contributed by atoms with Gasteiger partial charge in [0.2, 0.25) is 5.91 Å². The molecule has 1 aliphatic heterocycles. The van der Waals surface area contributed by atoms with E-state index in [4.69, 9.17) is 0 Å². The maximum Gasteiger partial charge on any atom is 0.228 e. The van der Waals surface area contributed by atoms with Crippen LogP contribution in [0.4, 0.5) is 5.69 Å². The lowest BCUT2D eigenvalue weighted by Gasteiger charge is -2.30. The number of fused-ring (bicyclic) bond motifs is 2. The van der Waals surface area contributed by atoms with Crippen LogP contribution in [-0.4, -0.2) is 41.3 Å². The van der Waals surface area contributed by atoms with E-state index in [-0.39, 0.29) is 27.9 Å². The van der Waals surface area contributed by atoms with Crippen LogP contribution in [0.1, 0.15) is 36.0 Å². The highest BCUT2D eigenvalue weighted by atomic mass is 32.2. The molecule has 160 valence electrons. The van der Waals surface area contributed by atoms with Crippen molar-refractivity contribution < 1.29 is 21.6 Å². The zero-order chi connectivity index (χ0) is 21.5. The Morgan fingerprint density at radius 3 is 2.30 bits per heavy atom. The molecule has 2 aliphatic rings. The Hall–Kier alpha value is -2.19. The van der Waals surface area contributed by atoms with E-state index in [1.807, 2.05) is 6.07 Å². The third-order valence-electron chi connectivity index (χ3n) is 5.91. The second-order valence-corrected chi connectivity index (χ2v) is 12.2. The first kappa shape index (κ1) is 21.1. The third-order valence-corrected chi connectivity index (χ3v) is 8.74. The Labute approximate surface area is 177 Å². The van der Waals surface area contributed by atoms with Crippen LogP contribution < -0.4 is 4.90 Å². The molecular formula is C22H25NO5S2. The van der Waals surface area contributed by atoms with E-state index in [0.29, 0.717) is 25.1 Å². The summed E-state index contributed by atoms with van der Waals surface area (Å²) in [7, 11) is -6.87. The van der Waals surface area contributed by atoms with E-state index in [9.17, 15) is 21.6 Å². The highest BCUT2D eigenvalue weighted by molar-refractivity contribution is 7.91. The van der Waals surface area contributed by atoms with Gasteiger partial charge in [0.1, 0.15) is 0 Å². The van der Waals surface area contributed by atoms with Crippen molar-refractivity contribution in [3.05, 3.63) is 53.1 Å². The SMILES string of the molecule is CS(=O)(=O)c1ccc2c(c1)CCCN2C(=O)CCS(=O)(=O)c1ccc2c(c1)CCC2. The molecule has 0 atom stereocenters. The average molecular weight is 448 g/mol. The zero-order valence-electron chi connectivity index (χ0n) is 16.9. The van der Waals surface area contributed by atoms with Crippen LogP contribution in [0.5, 0.6) is 0 Å². The predicted octanol–water partition coefficient (Wildman–Crippen LogP) is 2.72. The number of aryl methyl sites for hydroxylation is 3. The molecule has 0 unspecified atom stereocenters. The Morgan fingerprint density at radius 1 is 0.867 bits per heavy atom. The molecule has 6 nitrogen and oxygen atoms in total. The minimum atomic E-state index is -3.55. The molecule has 0 radical (unpaired) electrons. The largest absolute Gasteiger partial charge is 0.312 e. The fourth-order valence-electron chi connectivity index (χ4n) is 4.28. The molecule has 4 rings (SSSR count). The first-order valence-electron chi connectivity index (χ1n) is 10.1. The summed E-state index contributed by atoms with van der Waals surface area (Å²) in [6, 6.07) is 10.1. The number of benzene rings is 2. The summed E-state index contributed by atoms with van der Waals surface area (Å²) in [5, 5.41) is 0. The molecule has 30 heavy (non-hydrogen) atoms. The van der Waals surface area contributed by atoms with Crippen LogP contribution in [0.15, 0.2) is 46.2 Å².